The van der Waals surface area contributed by atoms with Gasteiger partial charge < -0.3 is 0 Å². The number of benzene rings is 1. The van der Waals surface area contributed by atoms with Gasteiger partial charge in [-0.15, -0.1) is 6.58 Å². The van der Waals surface area contributed by atoms with E-state index in [0.717, 1.165) is 16.0 Å². The van der Waals surface area contributed by atoms with Crippen molar-refractivity contribution in [3.8, 4) is 0 Å². The average molecular weight is 219 g/mol. The molecule has 15 heavy (non-hydrogen) atoms. The summed E-state index contributed by atoms with van der Waals surface area (Å²) < 4.78 is 1.92. The first-order chi connectivity index (χ1) is 7.24. The van der Waals surface area contributed by atoms with Crippen molar-refractivity contribution < 1.29 is 0 Å². The molecule has 0 aliphatic heterocycles. The number of hydrogen-bond acceptors (Lipinski definition) is 3. The molecule has 0 spiro atoms. The Hall–Kier alpha value is -1.68. The van der Waals surface area contributed by atoms with Crippen LogP contribution in [0.25, 0.3) is 10.1 Å². The highest BCUT2D eigenvalue weighted by Crippen LogP contribution is 2.10. The zero-order chi connectivity index (χ0) is 10.8. The maximum atomic E-state index is 11.9. The topological polar surface area (TPSA) is 39.1 Å². The van der Waals surface area contributed by atoms with Crippen LogP contribution in [0.2, 0.25) is 0 Å². The molecule has 1 heterocycles. The summed E-state index contributed by atoms with van der Waals surface area (Å²) in [5.41, 5.74) is -0.241. The molecule has 3 nitrogen and oxygen atoms in total. The van der Waals surface area contributed by atoms with Crippen molar-refractivity contribution in [1.29, 1.82) is 0 Å². The van der Waals surface area contributed by atoms with Crippen LogP contribution >= 0.6 is 11.3 Å². The molecule has 2 aromatic rings. The van der Waals surface area contributed by atoms with Crippen molar-refractivity contribution in [3.05, 3.63) is 56.9 Å². The Bertz CT molecular complexity index is 624. The minimum absolute atomic E-state index is 0.237. The third-order valence-electron chi connectivity index (χ3n) is 2.09. The molecule has 0 unspecified atom stereocenters. The lowest BCUT2D eigenvalue weighted by Crippen LogP contribution is -2.30. The molecule has 2 rings (SSSR count). The van der Waals surface area contributed by atoms with E-state index in [9.17, 15) is 9.59 Å². The zero-order valence-electron chi connectivity index (χ0n) is 7.97. The third-order valence-corrected chi connectivity index (χ3v) is 3.06. The van der Waals surface area contributed by atoms with E-state index >= 15 is 0 Å². The van der Waals surface area contributed by atoms with Gasteiger partial charge in [0, 0.05) is 11.2 Å². The van der Waals surface area contributed by atoms with Gasteiger partial charge in [-0.25, -0.2) is 0 Å². The number of hydrogen-bond donors (Lipinski definition) is 0. The lowest BCUT2D eigenvalue weighted by molar-refractivity contribution is 0.773. The number of allylic oxidation sites excluding steroid dienone is 1. The van der Waals surface area contributed by atoms with Gasteiger partial charge in [-0.05, 0) is 12.1 Å². The van der Waals surface area contributed by atoms with Gasteiger partial charge in [0.15, 0.2) is 0 Å². The van der Waals surface area contributed by atoms with Crippen LogP contribution in [0.4, 0.5) is 0 Å². The van der Waals surface area contributed by atoms with E-state index in [4.69, 9.17) is 0 Å². The van der Waals surface area contributed by atoms with Gasteiger partial charge in [-0.2, -0.15) is 0 Å². The van der Waals surface area contributed by atoms with Gasteiger partial charge in [-0.1, -0.05) is 29.5 Å². The Balaban J connectivity index is 2.90. The number of fused-ring (bicyclic) bond motifs is 1. The van der Waals surface area contributed by atoms with Crippen molar-refractivity contribution in [2.75, 3.05) is 0 Å². The minimum atomic E-state index is -0.241. The quantitative estimate of drug-likeness (QED) is 0.720. The van der Waals surface area contributed by atoms with Crippen LogP contribution in [0.5, 0.6) is 0 Å². The molecule has 0 saturated heterocycles. The van der Waals surface area contributed by atoms with Crippen LogP contribution in [0.1, 0.15) is 0 Å². The highest BCUT2D eigenvalue weighted by atomic mass is 32.1. The second-order valence-electron chi connectivity index (χ2n) is 3.07. The van der Waals surface area contributed by atoms with E-state index in [1.54, 1.807) is 24.3 Å². The van der Waals surface area contributed by atoms with Crippen LogP contribution < -0.4 is 10.4 Å². The summed E-state index contributed by atoms with van der Waals surface area (Å²) in [7, 11) is 0. The number of rotatable bonds is 2. The Kier molecular flexibility index (Phi) is 2.51. The zero-order valence-corrected chi connectivity index (χ0v) is 8.79. The lowest BCUT2D eigenvalue weighted by atomic mass is 10.3. The van der Waals surface area contributed by atoms with Crippen LogP contribution in [-0.2, 0) is 6.54 Å². The first-order valence-corrected chi connectivity index (χ1v) is 5.29. The molecule has 1 aromatic heterocycles. The van der Waals surface area contributed by atoms with E-state index in [1.165, 1.54) is 4.57 Å². The van der Waals surface area contributed by atoms with E-state index in [-0.39, 0.29) is 17.0 Å². The van der Waals surface area contributed by atoms with Crippen molar-refractivity contribution in [2.24, 2.45) is 0 Å². The summed E-state index contributed by atoms with van der Waals surface area (Å²) in [5.74, 6) is 0. The summed E-state index contributed by atoms with van der Waals surface area (Å²) >= 11 is 1.08. The Morgan fingerprint density at radius 1 is 1.33 bits per heavy atom. The predicted molar refractivity (Wildman–Crippen MR) is 62.6 cm³/mol. The molecule has 0 saturated carbocycles. The van der Waals surface area contributed by atoms with E-state index in [0.29, 0.717) is 5.39 Å². The van der Waals surface area contributed by atoms with Gasteiger partial charge in [-0.3, -0.25) is 14.2 Å². The fourth-order valence-corrected chi connectivity index (χ4v) is 2.26. The van der Waals surface area contributed by atoms with Crippen LogP contribution in [0, 0.1) is 0 Å². The van der Waals surface area contributed by atoms with E-state index in [1.807, 2.05) is 6.07 Å². The van der Waals surface area contributed by atoms with Crippen LogP contribution in [0.3, 0.4) is 0 Å². The highest BCUT2D eigenvalue weighted by molar-refractivity contribution is 7.16. The molecule has 0 bridgehead atoms. The van der Waals surface area contributed by atoms with E-state index in [2.05, 4.69) is 6.58 Å². The average Bonchev–Trinajstić information content (AvgIpc) is 2.24. The lowest BCUT2D eigenvalue weighted by Gasteiger charge is -2.01. The summed E-state index contributed by atoms with van der Waals surface area (Å²) in [6.07, 6.45) is 1.55. The molecule has 0 amide bonds. The second kappa shape index (κ2) is 3.82. The predicted octanol–water partition coefficient (Wildman–Crippen LogP) is 1.61. The number of nitrogens with zero attached hydrogens (tertiary/aromatic N) is 1. The first-order valence-electron chi connectivity index (χ1n) is 4.47. The molecule has 0 aliphatic carbocycles. The number of aromatic nitrogens is 1. The molecule has 0 atom stereocenters. The van der Waals surface area contributed by atoms with Gasteiger partial charge in [0.05, 0.1) is 5.39 Å². The van der Waals surface area contributed by atoms with Crippen LogP contribution in [0.15, 0.2) is 46.5 Å². The Morgan fingerprint density at radius 3 is 2.80 bits per heavy atom. The smallest absolute Gasteiger partial charge is 0.269 e. The molecule has 4 heteroatoms. The van der Waals surface area contributed by atoms with Crippen LogP contribution in [-0.4, -0.2) is 4.57 Å². The van der Waals surface area contributed by atoms with E-state index < -0.39 is 0 Å². The Labute approximate surface area is 89.9 Å². The third kappa shape index (κ3) is 1.64. The molecular weight excluding hydrogens is 210 g/mol. The monoisotopic (exact) mass is 219 g/mol. The van der Waals surface area contributed by atoms with Gasteiger partial charge in [0.2, 0.25) is 0 Å². The molecule has 0 N–H and O–H groups in total. The standard InChI is InChI=1S/C11H9NO2S/c1-2-7-12-10(13)8-5-3-4-6-9(8)15-11(12)14/h2-6H,1,7H2. The summed E-state index contributed by atoms with van der Waals surface area (Å²) in [6, 6.07) is 7.11. The van der Waals surface area contributed by atoms with Gasteiger partial charge in [0.1, 0.15) is 0 Å². The molecule has 0 fully saturated rings. The highest BCUT2D eigenvalue weighted by Gasteiger charge is 2.05. The van der Waals surface area contributed by atoms with Gasteiger partial charge >= 0.3 is 4.87 Å². The second-order valence-corrected chi connectivity index (χ2v) is 4.06. The largest absolute Gasteiger partial charge is 0.310 e. The summed E-state index contributed by atoms with van der Waals surface area (Å²) in [5, 5.41) is 0.587. The fourth-order valence-electron chi connectivity index (χ4n) is 1.40. The van der Waals surface area contributed by atoms with Crippen molar-refractivity contribution in [3.63, 3.8) is 0 Å². The normalized spacial score (nSPS) is 10.4. The summed E-state index contributed by atoms with van der Waals surface area (Å²) in [4.78, 5) is 23.2. The Morgan fingerprint density at radius 2 is 2.07 bits per heavy atom. The molecule has 0 aliphatic rings. The molecular formula is C11H9NO2S. The van der Waals surface area contributed by atoms with Crippen molar-refractivity contribution in [2.45, 2.75) is 6.54 Å². The molecule has 76 valence electrons. The first kappa shape index (κ1) is 9.86. The maximum absolute atomic E-state index is 11.9. The maximum Gasteiger partial charge on any atom is 0.310 e. The fraction of sp³-hybridized carbons (Fsp3) is 0.0909. The molecule has 0 radical (unpaired) electrons. The van der Waals surface area contributed by atoms with Crippen molar-refractivity contribution in [1.82, 2.24) is 4.57 Å². The van der Waals surface area contributed by atoms with Crippen molar-refractivity contribution >= 4 is 21.4 Å². The summed E-state index contributed by atoms with van der Waals surface area (Å²) in [6.45, 7) is 3.79. The minimum Gasteiger partial charge on any atom is -0.269 e. The van der Waals surface area contributed by atoms with Gasteiger partial charge in [0.25, 0.3) is 5.56 Å². The SMILES string of the molecule is C=CCn1c(=O)sc2ccccc2c1=O. The molecule has 1 aromatic carbocycles.